The van der Waals surface area contributed by atoms with E-state index in [-0.39, 0.29) is 24.4 Å². The minimum atomic E-state index is -0.912. The molecule has 0 radical (unpaired) electrons. The van der Waals surface area contributed by atoms with Gasteiger partial charge in [0.1, 0.15) is 11.6 Å². The second kappa shape index (κ2) is 9.27. The number of rotatable bonds is 9. The van der Waals surface area contributed by atoms with Crippen molar-refractivity contribution < 1.29 is 18.7 Å². The number of amides is 1. The van der Waals surface area contributed by atoms with Crippen LogP contribution in [0.5, 0.6) is 0 Å². The van der Waals surface area contributed by atoms with Gasteiger partial charge >= 0.3 is 0 Å². The van der Waals surface area contributed by atoms with E-state index in [2.05, 4.69) is 39.8 Å². The first-order chi connectivity index (χ1) is 16.3. The lowest BCUT2D eigenvalue weighted by Gasteiger charge is -2.31. The highest BCUT2D eigenvalue weighted by atomic mass is 19.1. The van der Waals surface area contributed by atoms with E-state index < -0.39 is 23.8 Å². The van der Waals surface area contributed by atoms with Crippen LogP contribution in [0, 0.1) is 17.6 Å². The molecule has 4 atom stereocenters. The molecule has 2 bridgehead atoms. The van der Waals surface area contributed by atoms with Crippen LogP contribution in [0.25, 0.3) is 0 Å². The Labute approximate surface area is 199 Å². The van der Waals surface area contributed by atoms with Gasteiger partial charge in [-0.2, -0.15) is 0 Å². The summed E-state index contributed by atoms with van der Waals surface area (Å²) < 4.78 is 27.3. The molecule has 4 unspecified atom stereocenters. The average molecular weight is 470 g/mol. The number of hydrogen-bond acceptors (Lipinski definition) is 4. The predicted octanol–water partition coefficient (Wildman–Crippen LogP) is 3.64. The predicted molar refractivity (Wildman–Crippen MR) is 128 cm³/mol. The fraction of sp³-hybridized carbons (Fsp3) is 0.519. The first kappa shape index (κ1) is 23.2. The molecule has 2 aromatic rings. The smallest absolute Gasteiger partial charge is 0.217 e. The van der Waals surface area contributed by atoms with E-state index in [1.54, 1.807) is 0 Å². The number of anilines is 1. The summed E-state index contributed by atoms with van der Waals surface area (Å²) in [6.45, 7) is 2.78. The second-order valence-electron chi connectivity index (χ2n) is 10.4. The van der Waals surface area contributed by atoms with Crippen LogP contribution in [0.4, 0.5) is 14.5 Å². The number of nitrogens with zero attached hydrogens (tertiary/aromatic N) is 1. The zero-order chi connectivity index (χ0) is 23.9. The molecule has 2 aromatic carbocycles. The van der Waals surface area contributed by atoms with Crippen LogP contribution in [-0.2, 0) is 16.8 Å². The van der Waals surface area contributed by atoms with Gasteiger partial charge in [-0.25, -0.2) is 8.78 Å². The highest BCUT2D eigenvalue weighted by molar-refractivity contribution is 5.73. The van der Waals surface area contributed by atoms with Crippen molar-refractivity contribution in [1.82, 2.24) is 10.6 Å². The summed E-state index contributed by atoms with van der Waals surface area (Å²) in [5.41, 5.74) is 2.72. The molecule has 7 heteroatoms. The first-order valence-corrected chi connectivity index (χ1v) is 12.3. The highest BCUT2D eigenvalue weighted by Crippen LogP contribution is 2.47. The van der Waals surface area contributed by atoms with Crippen molar-refractivity contribution in [2.24, 2.45) is 5.92 Å². The summed E-state index contributed by atoms with van der Waals surface area (Å²) in [7, 11) is 0. The molecule has 1 heterocycles. The number of carbonyl (C=O) groups excluding carboxylic acids is 1. The topological polar surface area (TPSA) is 64.6 Å². The number of fused-ring (bicyclic) bond motifs is 2. The fourth-order valence-corrected chi connectivity index (χ4v) is 5.88. The number of aliphatic hydroxyl groups is 1. The summed E-state index contributed by atoms with van der Waals surface area (Å²) in [6.07, 6.45) is 5.12. The van der Waals surface area contributed by atoms with E-state index in [0.717, 1.165) is 31.4 Å². The Morgan fingerprint density at radius 1 is 1.18 bits per heavy atom. The minimum Gasteiger partial charge on any atom is -0.390 e. The summed E-state index contributed by atoms with van der Waals surface area (Å²) in [4.78, 5) is 14.3. The summed E-state index contributed by atoms with van der Waals surface area (Å²) in [5, 5.41) is 17.2. The third kappa shape index (κ3) is 4.96. The van der Waals surface area contributed by atoms with E-state index in [1.807, 2.05) is 0 Å². The SMILES string of the molecule is CC(=O)NC(Cc1cc(F)cc(F)c1)C(O)CNC1(c2cccc(N3CC4CCC3C4)c2)CC1. The van der Waals surface area contributed by atoms with E-state index in [1.165, 1.54) is 49.6 Å². The van der Waals surface area contributed by atoms with Crippen LogP contribution in [0.3, 0.4) is 0 Å². The van der Waals surface area contributed by atoms with Gasteiger partial charge < -0.3 is 20.6 Å². The molecule has 2 aliphatic carbocycles. The van der Waals surface area contributed by atoms with Crippen molar-refractivity contribution in [3.05, 3.63) is 65.2 Å². The zero-order valence-electron chi connectivity index (χ0n) is 19.6. The fourth-order valence-electron chi connectivity index (χ4n) is 5.88. The van der Waals surface area contributed by atoms with E-state index in [4.69, 9.17) is 0 Å². The van der Waals surface area contributed by atoms with Crippen LogP contribution >= 0.6 is 0 Å². The Kier molecular flexibility index (Phi) is 6.34. The molecule has 1 saturated heterocycles. The van der Waals surface area contributed by atoms with Crippen molar-refractivity contribution in [2.75, 3.05) is 18.0 Å². The van der Waals surface area contributed by atoms with Gasteiger partial charge in [-0.15, -0.1) is 0 Å². The lowest BCUT2D eigenvalue weighted by Crippen LogP contribution is -2.49. The molecule has 3 N–H and O–H groups in total. The van der Waals surface area contributed by atoms with Gasteiger partial charge in [0.05, 0.1) is 12.1 Å². The van der Waals surface area contributed by atoms with Crippen LogP contribution in [0.2, 0.25) is 0 Å². The number of benzene rings is 2. The Balaban J connectivity index is 1.25. The second-order valence-corrected chi connectivity index (χ2v) is 10.4. The van der Waals surface area contributed by atoms with Crippen molar-refractivity contribution in [2.45, 2.75) is 69.2 Å². The first-order valence-electron chi connectivity index (χ1n) is 12.3. The molecule has 3 fully saturated rings. The van der Waals surface area contributed by atoms with Gasteiger partial charge in [-0.1, -0.05) is 12.1 Å². The van der Waals surface area contributed by atoms with Crippen LogP contribution in [-0.4, -0.2) is 42.3 Å². The average Bonchev–Trinajstić information content (AvgIpc) is 3.28. The van der Waals surface area contributed by atoms with E-state index >= 15 is 0 Å². The molecular weight excluding hydrogens is 436 g/mol. The normalized spacial score (nSPS) is 24.2. The molecule has 3 aliphatic rings. The largest absolute Gasteiger partial charge is 0.390 e. The summed E-state index contributed by atoms with van der Waals surface area (Å²) in [5.74, 6) is -0.816. The molecule has 1 aliphatic heterocycles. The molecule has 0 aromatic heterocycles. The maximum absolute atomic E-state index is 13.6. The number of aliphatic hydroxyl groups excluding tert-OH is 1. The lowest BCUT2D eigenvalue weighted by atomic mass is 9.99. The third-order valence-corrected chi connectivity index (χ3v) is 7.77. The van der Waals surface area contributed by atoms with Gasteiger partial charge in [0.15, 0.2) is 0 Å². The van der Waals surface area contributed by atoms with Gasteiger partial charge in [-0.05, 0) is 79.8 Å². The van der Waals surface area contributed by atoms with Crippen molar-refractivity contribution in [3.63, 3.8) is 0 Å². The molecule has 1 amide bonds. The quantitative estimate of drug-likeness (QED) is 0.525. The molecule has 0 spiro atoms. The zero-order valence-corrected chi connectivity index (χ0v) is 19.6. The number of piperidine rings is 1. The molecule has 182 valence electrons. The number of nitrogens with one attached hydrogen (secondary N) is 2. The third-order valence-electron chi connectivity index (χ3n) is 7.77. The Bertz CT molecular complexity index is 1040. The van der Waals surface area contributed by atoms with Gasteiger partial charge in [0.25, 0.3) is 0 Å². The van der Waals surface area contributed by atoms with Crippen molar-refractivity contribution in [3.8, 4) is 0 Å². The standard InChI is InChI=1S/C27H33F2N3O2/c1-17(33)31-25(12-19-9-21(28)14-22(29)10-19)26(34)15-30-27(7-8-27)20-3-2-4-23(13-20)32-16-18-5-6-24(32)11-18/h2-4,9-10,13-14,18,24-26,30,34H,5-8,11-12,15-16H2,1H3,(H,31,33). The Hall–Kier alpha value is -2.51. The molecule has 2 saturated carbocycles. The van der Waals surface area contributed by atoms with Crippen LogP contribution < -0.4 is 15.5 Å². The minimum absolute atomic E-state index is 0.136. The van der Waals surface area contributed by atoms with Crippen LogP contribution in [0.1, 0.15) is 50.2 Å². The van der Waals surface area contributed by atoms with Crippen LogP contribution in [0.15, 0.2) is 42.5 Å². The van der Waals surface area contributed by atoms with Gasteiger partial charge in [-0.3, -0.25) is 4.79 Å². The monoisotopic (exact) mass is 469 g/mol. The summed E-state index contributed by atoms with van der Waals surface area (Å²) >= 11 is 0. The molecule has 5 nitrogen and oxygen atoms in total. The molecular formula is C27H33F2N3O2. The molecule has 5 rings (SSSR count). The maximum atomic E-state index is 13.6. The number of hydrogen-bond donors (Lipinski definition) is 3. The van der Waals surface area contributed by atoms with Crippen molar-refractivity contribution in [1.29, 1.82) is 0 Å². The van der Waals surface area contributed by atoms with Crippen molar-refractivity contribution >= 4 is 11.6 Å². The number of carbonyl (C=O) groups is 1. The summed E-state index contributed by atoms with van der Waals surface area (Å²) in [6, 6.07) is 12.0. The van der Waals surface area contributed by atoms with Gasteiger partial charge in [0, 0.05) is 43.3 Å². The van der Waals surface area contributed by atoms with E-state index in [0.29, 0.717) is 11.6 Å². The number of halogens is 2. The Morgan fingerprint density at radius 2 is 1.94 bits per heavy atom. The maximum Gasteiger partial charge on any atom is 0.217 e. The van der Waals surface area contributed by atoms with E-state index in [9.17, 15) is 18.7 Å². The highest BCUT2D eigenvalue weighted by Gasteiger charge is 2.45. The lowest BCUT2D eigenvalue weighted by molar-refractivity contribution is -0.120. The molecule has 34 heavy (non-hydrogen) atoms. The van der Waals surface area contributed by atoms with Gasteiger partial charge in [0.2, 0.25) is 5.91 Å². The Morgan fingerprint density at radius 3 is 2.56 bits per heavy atom.